The molecule has 0 radical (unpaired) electrons. The second-order valence-corrected chi connectivity index (χ2v) is 4.33. The molecule has 0 fully saturated rings. The first-order chi connectivity index (χ1) is 9.65. The summed E-state index contributed by atoms with van der Waals surface area (Å²) in [5.74, 6) is -0.342. The summed E-state index contributed by atoms with van der Waals surface area (Å²) in [6.45, 7) is 0. The Morgan fingerprint density at radius 2 is 1.80 bits per heavy atom. The molecule has 0 unspecified atom stereocenters. The van der Waals surface area contributed by atoms with Crippen molar-refractivity contribution in [1.82, 2.24) is 4.98 Å². The highest BCUT2D eigenvalue weighted by Gasteiger charge is 2.15. The second kappa shape index (κ2) is 4.70. The summed E-state index contributed by atoms with van der Waals surface area (Å²) in [6, 6.07) is 12.6. The zero-order chi connectivity index (χ0) is 14.1. The molecule has 0 saturated heterocycles. The molecule has 20 heavy (non-hydrogen) atoms. The van der Waals surface area contributed by atoms with E-state index in [1.54, 1.807) is 24.3 Å². The Kier molecular flexibility index (Phi) is 2.87. The van der Waals surface area contributed by atoms with Crippen molar-refractivity contribution in [3.05, 3.63) is 70.7 Å². The lowest BCUT2D eigenvalue weighted by Crippen LogP contribution is -1.92. The van der Waals surface area contributed by atoms with E-state index in [0.29, 0.717) is 16.5 Å². The quantitative estimate of drug-likeness (QED) is 0.522. The van der Waals surface area contributed by atoms with Crippen LogP contribution in [0, 0.1) is 15.9 Å². The summed E-state index contributed by atoms with van der Waals surface area (Å²) in [4.78, 5) is 14.8. The van der Waals surface area contributed by atoms with E-state index in [9.17, 15) is 14.5 Å². The molecule has 0 amide bonds. The molecule has 1 heterocycles. The first-order valence-electron chi connectivity index (χ1n) is 5.94. The highest BCUT2D eigenvalue weighted by Crippen LogP contribution is 2.31. The summed E-state index contributed by atoms with van der Waals surface area (Å²) < 4.78 is 12.9. The molecule has 98 valence electrons. The van der Waals surface area contributed by atoms with Crippen molar-refractivity contribution in [2.24, 2.45) is 0 Å². The van der Waals surface area contributed by atoms with Gasteiger partial charge in [-0.25, -0.2) is 9.37 Å². The number of fused-ring (bicyclic) bond motifs is 1. The van der Waals surface area contributed by atoms with Gasteiger partial charge in [0.1, 0.15) is 11.3 Å². The van der Waals surface area contributed by atoms with Gasteiger partial charge < -0.3 is 0 Å². The van der Waals surface area contributed by atoms with E-state index in [0.717, 1.165) is 5.56 Å². The monoisotopic (exact) mass is 268 g/mol. The van der Waals surface area contributed by atoms with E-state index >= 15 is 0 Å². The van der Waals surface area contributed by atoms with Gasteiger partial charge in [0, 0.05) is 17.6 Å². The summed E-state index contributed by atoms with van der Waals surface area (Å²) >= 11 is 0. The van der Waals surface area contributed by atoms with Crippen molar-refractivity contribution in [3.63, 3.8) is 0 Å². The number of rotatable bonds is 2. The predicted molar refractivity (Wildman–Crippen MR) is 73.8 cm³/mol. The summed E-state index contributed by atoms with van der Waals surface area (Å²) in [5, 5.41) is 11.8. The van der Waals surface area contributed by atoms with Crippen LogP contribution >= 0.6 is 0 Å². The molecule has 1 aromatic heterocycles. The minimum Gasteiger partial charge on any atom is -0.258 e. The van der Waals surface area contributed by atoms with Crippen molar-refractivity contribution < 1.29 is 9.31 Å². The largest absolute Gasteiger partial charge is 0.296 e. The smallest absolute Gasteiger partial charge is 0.258 e. The van der Waals surface area contributed by atoms with Gasteiger partial charge in [-0.3, -0.25) is 10.1 Å². The van der Waals surface area contributed by atoms with E-state index in [-0.39, 0.29) is 11.5 Å². The maximum Gasteiger partial charge on any atom is 0.296 e. The third-order valence-electron chi connectivity index (χ3n) is 3.06. The number of nitro groups is 1. The Bertz CT molecular complexity index is 801. The Morgan fingerprint density at radius 1 is 1.05 bits per heavy atom. The Balaban J connectivity index is 2.27. The molecule has 0 aliphatic carbocycles. The maximum atomic E-state index is 12.9. The van der Waals surface area contributed by atoms with Crippen molar-refractivity contribution >= 4 is 16.6 Å². The molecule has 5 heteroatoms. The average Bonchev–Trinajstić information content (AvgIpc) is 2.46. The van der Waals surface area contributed by atoms with E-state index in [1.165, 1.54) is 24.4 Å². The van der Waals surface area contributed by atoms with Crippen LogP contribution in [0.3, 0.4) is 0 Å². The van der Waals surface area contributed by atoms with Gasteiger partial charge in [0.05, 0.1) is 4.92 Å². The van der Waals surface area contributed by atoms with Crippen molar-refractivity contribution in [2.75, 3.05) is 0 Å². The molecule has 2 aromatic carbocycles. The number of halogens is 1. The summed E-state index contributed by atoms with van der Waals surface area (Å²) in [6.07, 6.45) is 1.52. The average molecular weight is 268 g/mol. The normalized spacial score (nSPS) is 10.7. The molecule has 3 aromatic rings. The summed E-state index contributed by atoms with van der Waals surface area (Å²) in [5.41, 5.74) is 1.68. The van der Waals surface area contributed by atoms with Crippen molar-refractivity contribution in [2.45, 2.75) is 0 Å². The third-order valence-corrected chi connectivity index (χ3v) is 3.06. The lowest BCUT2D eigenvalue weighted by Gasteiger charge is -2.05. The fraction of sp³-hybridized carbons (Fsp3) is 0. The van der Waals surface area contributed by atoms with Gasteiger partial charge in [0.2, 0.25) is 0 Å². The number of hydrogen-bond acceptors (Lipinski definition) is 3. The van der Waals surface area contributed by atoms with Gasteiger partial charge in [0.15, 0.2) is 0 Å². The van der Waals surface area contributed by atoms with Crippen LogP contribution in [-0.2, 0) is 0 Å². The maximum absolute atomic E-state index is 12.9. The van der Waals surface area contributed by atoms with E-state index in [1.807, 2.05) is 6.07 Å². The lowest BCUT2D eigenvalue weighted by atomic mass is 10.0. The first kappa shape index (κ1) is 12.2. The Labute approximate surface area is 113 Å². The van der Waals surface area contributed by atoms with E-state index < -0.39 is 4.92 Å². The lowest BCUT2D eigenvalue weighted by molar-refractivity contribution is -0.383. The molecule has 0 atom stereocenters. The number of pyridine rings is 1. The van der Waals surface area contributed by atoms with Crippen LogP contribution in [0.5, 0.6) is 0 Å². The first-order valence-corrected chi connectivity index (χ1v) is 5.94. The topological polar surface area (TPSA) is 56.0 Å². The molecule has 0 aliphatic heterocycles. The fourth-order valence-electron chi connectivity index (χ4n) is 2.12. The molecule has 0 aliphatic rings. The van der Waals surface area contributed by atoms with Gasteiger partial charge in [-0.15, -0.1) is 0 Å². The minimum atomic E-state index is -0.456. The van der Waals surface area contributed by atoms with Crippen molar-refractivity contribution in [1.29, 1.82) is 0 Å². The summed E-state index contributed by atoms with van der Waals surface area (Å²) in [7, 11) is 0. The Morgan fingerprint density at radius 3 is 2.50 bits per heavy atom. The molecule has 0 spiro atoms. The fourth-order valence-corrected chi connectivity index (χ4v) is 2.12. The number of hydrogen-bond donors (Lipinski definition) is 0. The number of nitro benzene ring substituents is 1. The zero-order valence-electron chi connectivity index (χ0n) is 10.3. The van der Waals surface area contributed by atoms with Crippen LogP contribution in [0.25, 0.3) is 22.0 Å². The van der Waals surface area contributed by atoms with Gasteiger partial charge in [-0.05, 0) is 35.4 Å². The molecule has 4 nitrogen and oxygen atoms in total. The van der Waals surface area contributed by atoms with Crippen molar-refractivity contribution in [3.8, 4) is 11.1 Å². The molecule has 0 saturated carbocycles. The number of aromatic nitrogens is 1. The highest BCUT2D eigenvalue weighted by atomic mass is 19.1. The van der Waals surface area contributed by atoms with Crippen LogP contribution in [0.4, 0.5) is 10.1 Å². The van der Waals surface area contributed by atoms with Gasteiger partial charge in [-0.1, -0.05) is 18.2 Å². The van der Waals surface area contributed by atoms with Crippen LogP contribution in [0.1, 0.15) is 0 Å². The van der Waals surface area contributed by atoms with Crippen LogP contribution in [0.2, 0.25) is 0 Å². The minimum absolute atomic E-state index is 0.0533. The third kappa shape index (κ3) is 2.09. The van der Waals surface area contributed by atoms with Crippen LogP contribution in [-0.4, -0.2) is 9.91 Å². The molecule has 0 N–H and O–H groups in total. The SMILES string of the molecule is O=[N+]([O-])c1cc(-c2ccc(F)cc2)cc2cccnc12. The van der Waals surface area contributed by atoms with Gasteiger partial charge >= 0.3 is 0 Å². The molecule has 0 bridgehead atoms. The second-order valence-electron chi connectivity index (χ2n) is 4.33. The number of benzene rings is 2. The molecular formula is C15H9FN2O2. The number of nitrogens with zero attached hydrogens (tertiary/aromatic N) is 2. The van der Waals surface area contributed by atoms with Gasteiger partial charge in [-0.2, -0.15) is 0 Å². The number of non-ortho nitro benzene ring substituents is 1. The molecular weight excluding hydrogens is 259 g/mol. The van der Waals surface area contributed by atoms with Crippen LogP contribution < -0.4 is 0 Å². The van der Waals surface area contributed by atoms with E-state index in [2.05, 4.69) is 4.98 Å². The van der Waals surface area contributed by atoms with Gasteiger partial charge in [0.25, 0.3) is 5.69 Å². The predicted octanol–water partition coefficient (Wildman–Crippen LogP) is 3.95. The standard InChI is InChI=1S/C15H9FN2O2/c16-13-5-3-10(4-6-13)12-8-11-2-1-7-17-15(11)14(9-12)18(19)20/h1-9H. The zero-order valence-corrected chi connectivity index (χ0v) is 10.3. The highest BCUT2D eigenvalue weighted by molar-refractivity contribution is 5.91. The molecule has 3 rings (SSSR count). The van der Waals surface area contributed by atoms with Crippen LogP contribution in [0.15, 0.2) is 54.7 Å². The Hall–Kier alpha value is -2.82. The van der Waals surface area contributed by atoms with E-state index in [4.69, 9.17) is 0 Å².